The number of nitrogens with one attached hydrogen (secondary N) is 1. The molecule has 0 saturated heterocycles. The quantitative estimate of drug-likeness (QED) is 0.753. The Morgan fingerprint density at radius 3 is 2.83 bits per heavy atom. The molecule has 0 aliphatic carbocycles. The van der Waals surface area contributed by atoms with Crippen LogP contribution in [0.5, 0.6) is 0 Å². The lowest BCUT2D eigenvalue weighted by Gasteiger charge is -2.14. The number of hydrogen-bond donors (Lipinski definition) is 2. The van der Waals surface area contributed by atoms with E-state index in [1.54, 1.807) is 0 Å². The summed E-state index contributed by atoms with van der Waals surface area (Å²) in [5.41, 5.74) is 0.138. The Bertz CT molecular complexity index is 396. The van der Waals surface area contributed by atoms with Crippen LogP contribution in [-0.4, -0.2) is 36.4 Å². The highest BCUT2D eigenvalue weighted by Gasteiger charge is 2.11. The summed E-state index contributed by atoms with van der Waals surface area (Å²) < 4.78 is 17.8. The summed E-state index contributed by atoms with van der Waals surface area (Å²) in [7, 11) is 0. The highest BCUT2D eigenvalue weighted by molar-refractivity contribution is 5.89. The van der Waals surface area contributed by atoms with Crippen molar-refractivity contribution in [2.75, 3.05) is 13.2 Å². The van der Waals surface area contributed by atoms with Gasteiger partial charge in [0.05, 0.1) is 5.56 Å². The molecular weight excluding hydrogens is 237 g/mol. The predicted octanol–water partition coefficient (Wildman–Crippen LogP) is 1.34. The van der Waals surface area contributed by atoms with Crippen LogP contribution in [0.4, 0.5) is 4.39 Å². The molecule has 5 heteroatoms. The van der Waals surface area contributed by atoms with Crippen LogP contribution < -0.4 is 5.32 Å². The van der Waals surface area contributed by atoms with E-state index in [9.17, 15) is 14.3 Å². The maximum absolute atomic E-state index is 12.9. The SMILES string of the molecule is CC(C)NC[C@H](O)COC(=O)c1cccc(F)c1. The van der Waals surface area contributed by atoms with Crippen LogP contribution in [0.15, 0.2) is 24.3 Å². The van der Waals surface area contributed by atoms with E-state index in [4.69, 9.17) is 4.74 Å². The summed E-state index contributed by atoms with van der Waals surface area (Å²) in [5.74, 6) is -1.13. The molecule has 4 nitrogen and oxygen atoms in total. The van der Waals surface area contributed by atoms with Gasteiger partial charge in [-0.15, -0.1) is 0 Å². The van der Waals surface area contributed by atoms with E-state index in [1.807, 2.05) is 13.8 Å². The average molecular weight is 255 g/mol. The molecule has 0 heterocycles. The molecule has 1 aromatic rings. The molecule has 0 amide bonds. The molecule has 18 heavy (non-hydrogen) atoms. The van der Waals surface area contributed by atoms with E-state index >= 15 is 0 Å². The Labute approximate surface area is 106 Å². The summed E-state index contributed by atoms with van der Waals surface area (Å²) in [5, 5.41) is 12.6. The number of carbonyl (C=O) groups is 1. The fourth-order valence-electron chi connectivity index (χ4n) is 1.30. The monoisotopic (exact) mass is 255 g/mol. The predicted molar refractivity (Wildman–Crippen MR) is 65.8 cm³/mol. The number of aliphatic hydroxyl groups is 1. The van der Waals surface area contributed by atoms with E-state index in [0.29, 0.717) is 6.54 Å². The van der Waals surface area contributed by atoms with Gasteiger partial charge >= 0.3 is 5.97 Å². The lowest BCUT2D eigenvalue weighted by Crippen LogP contribution is -2.35. The van der Waals surface area contributed by atoms with Gasteiger partial charge in [-0.3, -0.25) is 0 Å². The van der Waals surface area contributed by atoms with Crippen LogP contribution in [0.25, 0.3) is 0 Å². The van der Waals surface area contributed by atoms with Gasteiger partial charge in [0.1, 0.15) is 18.5 Å². The lowest BCUT2D eigenvalue weighted by atomic mass is 10.2. The van der Waals surface area contributed by atoms with Crippen LogP contribution >= 0.6 is 0 Å². The second-order valence-corrected chi connectivity index (χ2v) is 4.33. The van der Waals surface area contributed by atoms with Gasteiger partial charge in [0.25, 0.3) is 0 Å². The third-order valence-electron chi connectivity index (χ3n) is 2.23. The van der Waals surface area contributed by atoms with Crippen molar-refractivity contribution in [3.63, 3.8) is 0 Å². The summed E-state index contributed by atoms with van der Waals surface area (Å²) in [4.78, 5) is 11.5. The van der Waals surface area contributed by atoms with Crippen molar-refractivity contribution in [2.45, 2.75) is 26.0 Å². The number of rotatable bonds is 6. The van der Waals surface area contributed by atoms with Gasteiger partial charge in [-0.2, -0.15) is 0 Å². The summed E-state index contributed by atoms with van der Waals surface area (Å²) in [6, 6.07) is 5.49. The highest BCUT2D eigenvalue weighted by atomic mass is 19.1. The Balaban J connectivity index is 2.37. The lowest BCUT2D eigenvalue weighted by molar-refractivity contribution is 0.0255. The zero-order valence-electron chi connectivity index (χ0n) is 10.5. The molecule has 0 saturated carbocycles. The van der Waals surface area contributed by atoms with Crippen molar-refractivity contribution < 1.29 is 19.0 Å². The van der Waals surface area contributed by atoms with Crippen molar-refractivity contribution in [3.8, 4) is 0 Å². The fourth-order valence-corrected chi connectivity index (χ4v) is 1.30. The van der Waals surface area contributed by atoms with Crippen LogP contribution in [0.2, 0.25) is 0 Å². The maximum atomic E-state index is 12.9. The molecule has 100 valence electrons. The Morgan fingerprint density at radius 1 is 1.50 bits per heavy atom. The standard InChI is InChI=1S/C13H18FNO3/c1-9(2)15-7-12(16)8-18-13(17)10-4-3-5-11(14)6-10/h3-6,9,12,15-16H,7-8H2,1-2H3/t12-/m0/s1. The molecule has 0 bridgehead atoms. The summed E-state index contributed by atoms with van der Waals surface area (Å²) >= 11 is 0. The summed E-state index contributed by atoms with van der Waals surface area (Å²) in [6.07, 6.45) is -0.773. The Morgan fingerprint density at radius 2 is 2.22 bits per heavy atom. The van der Waals surface area contributed by atoms with Gasteiger partial charge in [-0.25, -0.2) is 9.18 Å². The average Bonchev–Trinajstić information content (AvgIpc) is 2.33. The molecular formula is C13H18FNO3. The van der Waals surface area contributed by atoms with Gasteiger partial charge in [0.2, 0.25) is 0 Å². The molecule has 0 spiro atoms. The van der Waals surface area contributed by atoms with E-state index in [0.717, 1.165) is 6.07 Å². The highest BCUT2D eigenvalue weighted by Crippen LogP contribution is 2.05. The second kappa shape index (κ2) is 7.08. The van der Waals surface area contributed by atoms with Crippen LogP contribution in [0.3, 0.4) is 0 Å². The number of esters is 1. The van der Waals surface area contributed by atoms with Crippen molar-refractivity contribution in [1.29, 1.82) is 0 Å². The van der Waals surface area contributed by atoms with Crippen molar-refractivity contribution >= 4 is 5.97 Å². The van der Waals surface area contributed by atoms with Crippen molar-refractivity contribution in [3.05, 3.63) is 35.6 Å². The minimum Gasteiger partial charge on any atom is -0.459 e. The number of carbonyl (C=O) groups excluding carboxylic acids is 1. The van der Waals surface area contributed by atoms with Gasteiger partial charge in [0, 0.05) is 12.6 Å². The normalized spacial score (nSPS) is 12.5. The maximum Gasteiger partial charge on any atom is 0.338 e. The molecule has 0 unspecified atom stereocenters. The van der Waals surface area contributed by atoms with Crippen LogP contribution in [-0.2, 0) is 4.74 Å². The number of benzene rings is 1. The largest absolute Gasteiger partial charge is 0.459 e. The number of hydrogen-bond acceptors (Lipinski definition) is 4. The Kier molecular flexibility index (Phi) is 5.74. The number of halogens is 1. The molecule has 1 aromatic carbocycles. The third-order valence-corrected chi connectivity index (χ3v) is 2.23. The first kappa shape index (κ1) is 14.6. The van der Waals surface area contributed by atoms with Crippen LogP contribution in [0, 0.1) is 5.82 Å². The van der Waals surface area contributed by atoms with Gasteiger partial charge in [0.15, 0.2) is 0 Å². The van der Waals surface area contributed by atoms with Gasteiger partial charge in [-0.05, 0) is 18.2 Å². The van der Waals surface area contributed by atoms with Crippen molar-refractivity contribution in [2.24, 2.45) is 0 Å². The van der Waals surface area contributed by atoms with E-state index in [1.165, 1.54) is 18.2 Å². The molecule has 0 radical (unpaired) electrons. The number of aliphatic hydroxyl groups excluding tert-OH is 1. The number of ether oxygens (including phenoxy) is 1. The molecule has 0 aliphatic heterocycles. The first-order valence-electron chi connectivity index (χ1n) is 5.83. The van der Waals surface area contributed by atoms with Crippen molar-refractivity contribution in [1.82, 2.24) is 5.32 Å². The second-order valence-electron chi connectivity index (χ2n) is 4.33. The van der Waals surface area contributed by atoms with Gasteiger partial charge in [-0.1, -0.05) is 19.9 Å². The van der Waals surface area contributed by atoms with E-state index in [2.05, 4.69) is 5.32 Å². The first-order chi connectivity index (χ1) is 8.49. The molecule has 1 rings (SSSR count). The zero-order chi connectivity index (χ0) is 13.5. The molecule has 0 aliphatic rings. The smallest absolute Gasteiger partial charge is 0.338 e. The Hall–Kier alpha value is -1.46. The zero-order valence-corrected chi connectivity index (χ0v) is 10.5. The molecule has 2 N–H and O–H groups in total. The van der Waals surface area contributed by atoms with E-state index < -0.39 is 17.9 Å². The molecule has 0 aromatic heterocycles. The topological polar surface area (TPSA) is 58.6 Å². The first-order valence-corrected chi connectivity index (χ1v) is 5.83. The summed E-state index contributed by atoms with van der Waals surface area (Å²) in [6.45, 7) is 4.13. The third kappa shape index (κ3) is 5.25. The molecule has 1 atom stereocenters. The minimum absolute atomic E-state index is 0.116. The van der Waals surface area contributed by atoms with Gasteiger partial charge < -0.3 is 15.2 Å². The van der Waals surface area contributed by atoms with E-state index in [-0.39, 0.29) is 18.2 Å². The minimum atomic E-state index is -0.773. The fraction of sp³-hybridized carbons (Fsp3) is 0.462. The molecule has 0 fully saturated rings. The van der Waals surface area contributed by atoms with Crippen LogP contribution in [0.1, 0.15) is 24.2 Å².